The summed E-state index contributed by atoms with van der Waals surface area (Å²) in [6, 6.07) is -0.372. The molecular weight excluding hydrogens is 128 g/mol. The van der Waals surface area contributed by atoms with Crippen molar-refractivity contribution >= 4 is 5.91 Å². The van der Waals surface area contributed by atoms with E-state index in [1.165, 1.54) is 0 Å². The molecular formula is C7H12N2O. The summed E-state index contributed by atoms with van der Waals surface area (Å²) in [6.07, 6.45) is 4.73. The molecule has 0 aromatic heterocycles. The summed E-state index contributed by atoms with van der Waals surface area (Å²) >= 11 is 0. The summed E-state index contributed by atoms with van der Waals surface area (Å²) in [5, 5.41) is 0. The second-order valence-corrected chi connectivity index (χ2v) is 2.49. The smallest absolute Gasteiger partial charge is 0.243 e. The van der Waals surface area contributed by atoms with Crippen LogP contribution in [0.25, 0.3) is 0 Å². The Labute approximate surface area is 60.5 Å². The zero-order chi connectivity index (χ0) is 7.56. The van der Waals surface area contributed by atoms with Crippen molar-refractivity contribution in [1.29, 1.82) is 0 Å². The molecule has 0 spiro atoms. The summed E-state index contributed by atoms with van der Waals surface area (Å²) in [5.41, 5.74) is 5.39. The SMILES string of the molecule is CC(N)C(=O)N1C=CCC1. The van der Waals surface area contributed by atoms with E-state index in [0.717, 1.165) is 13.0 Å². The number of hydrogen-bond donors (Lipinski definition) is 1. The first kappa shape index (κ1) is 7.28. The second kappa shape index (κ2) is 2.84. The van der Waals surface area contributed by atoms with Crippen LogP contribution >= 0.6 is 0 Å². The summed E-state index contributed by atoms with van der Waals surface area (Å²) in [5.74, 6) is 0.00810. The maximum absolute atomic E-state index is 11.1. The van der Waals surface area contributed by atoms with E-state index in [4.69, 9.17) is 5.73 Å². The average Bonchev–Trinajstić information content (AvgIpc) is 2.36. The van der Waals surface area contributed by atoms with Crippen molar-refractivity contribution in [2.45, 2.75) is 19.4 Å². The van der Waals surface area contributed by atoms with Gasteiger partial charge >= 0.3 is 0 Å². The van der Waals surface area contributed by atoms with Gasteiger partial charge in [0.15, 0.2) is 0 Å². The minimum absolute atomic E-state index is 0.00810. The van der Waals surface area contributed by atoms with Crippen LogP contribution < -0.4 is 5.73 Å². The molecule has 1 aliphatic rings. The summed E-state index contributed by atoms with van der Waals surface area (Å²) in [6.45, 7) is 2.49. The van der Waals surface area contributed by atoms with Gasteiger partial charge in [-0.25, -0.2) is 0 Å². The molecule has 1 aliphatic heterocycles. The molecule has 0 aliphatic carbocycles. The van der Waals surface area contributed by atoms with Crippen LogP contribution in [0.4, 0.5) is 0 Å². The van der Waals surface area contributed by atoms with Crippen molar-refractivity contribution in [1.82, 2.24) is 4.90 Å². The summed E-state index contributed by atoms with van der Waals surface area (Å²) < 4.78 is 0. The Hall–Kier alpha value is -0.830. The molecule has 1 heterocycles. The molecule has 1 amide bonds. The molecule has 2 N–H and O–H groups in total. The van der Waals surface area contributed by atoms with Gasteiger partial charge < -0.3 is 10.6 Å². The highest BCUT2D eigenvalue weighted by atomic mass is 16.2. The van der Waals surface area contributed by atoms with Crippen molar-refractivity contribution in [3.63, 3.8) is 0 Å². The molecule has 10 heavy (non-hydrogen) atoms. The maximum Gasteiger partial charge on any atom is 0.243 e. The molecule has 0 aromatic rings. The average molecular weight is 140 g/mol. The fraction of sp³-hybridized carbons (Fsp3) is 0.571. The molecule has 56 valence electrons. The molecule has 0 fully saturated rings. The van der Waals surface area contributed by atoms with Gasteiger partial charge in [0, 0.05) is 12.7 Å². The predicted octanol–water partition coefficient (Wildman–Crippen LogP) is 0.0796. The van der Waals surface area contributed by atoms with Crippen molar-refractivity contribution in [3.05, 3.63) is 12.3 Å². The molecule has 0 aromatic carbocycles. The predicted molar refractivity (Wildman–Crippen MR) is 39.1 cm³/mol. The first-order chi connectivity index (χ1) is 4.72. The lowest BCUT2D eigenvalue weighted by Crippen LogP contribution is -2.38. The lowest BCUT2D eigenvalue weighted by atomic mass is 10.3. The van der Waals surface area contributed by atoms with Crippen molar-refractivity contribution in [2.24, 2.45) is 5.73 Å². The van der Waals surface area contributed by atoms with E-state index in [1.54, 1.807) is 18.0 Å². The van der Waals surface area contributed by atoms with Crippen molar-refractivity contribution in [2.75, 3.05) is 6.54 Å². The van der Waals surface area contributed by atoms with Gasteiger partial charge in [0.25, 0.3) is 0 Å². The number of nitrogens with two attached hydrogens (primary N) is 1. The maximum atomic E-state index is 11.1. The number of carbonyl (C=O) groups is 1. The summed E-state index contributed by atoms with van der Waals surface area (Å²) in [4.78, 5) is 12.8. The number of carbonyl (C=O) groups excluding carboxylic acids is 1. The monoisotopic (exact) mass is 140 g/mol. The third-order valence-electron chi connectivity index (χ3n) is 1.49. The van der Waals surface area contributed by atoms with E-state index in [0.29, 0.717) is 0 Å². The standard InChI is InChI=1S/C7H12N2O/c1-6(8)7(10)9-4-2-3-5-9/h2,4,6H,3,5,8H2,1H3. The topological polar surface area (TPSA) is 46.3 Å². The number of hydrogen-bond acceptors (Lipinski definition) is 2. The molecule has 1 atom stereocenters. The van der Waals surface area contributed by atoms with Gasteiger partial charge in [0.2, 0.25) is 5.91 Å². The minimum Gasteiger partial charge on any atom is -0.320 e. The van der Waals surface area contributed by atoms with Gasteiger partial charge in [0.1, 0.15) is 0 Å². The van der Waals surface area contributed by atoms with Crippen LogP contribution in [0, 0.1) is 0 Å². The first-order valence-corrected chi connectivity index (χ1v) is 3.44. The Bertz CT molecular complexity index is 163. The van der Waals surface area contributed by atoms with Gasteiger partial charge in [-0.1, -0.05) is 6.08 Å². The van der Waals surface area contributed by atoms with Crippen LogP contribution in [-0.4, -0.2) is 23.4 Å². The number of amides is 1. The van der Waals surface area contributed by atoms with Crippen LogP contribution in [0.3, 0.4) is 0 Å². The van der Waals surface area contributed by atoms with Crippen molar-refractivity contribution < 1.29 is 4.79 Å². The zero-order valence-corrected chi connectivity index (χ0v) is 6.08. The van der Waals surface area contributed by atoms with Gasteiger partial charge in [-0.15, -0.1) is 0 Å². The fourth-order valence-corrected chi connectivity index (χ4v) is 0.935. The molecule has 0 radical (unpaired) electrons. The van der Waals surface area contributed by atoms with E-state index in [-0.39, 0.29) is 11.9 Å². The highest BCUT2D eigenvalue weighted by Gasteiger charge is 2.16. The van der Waals surface area contributed by atoms with Crippen LogP contribution in [-0.2, 0) is 4.79 Å². The molecule has 1 rings (SSSR count). The highest BCUT2D eigenvalue weighted by molar-refractivity contribution is 5.82. The molecule has 0 saturated heterocycles. The van der Waals surface area contributed by atoms with Gasteiger partial charge in [-0.3, -0.25) is 4.79 Å². The third kappa shape index (κ3) is 1.36. The van der Waals surface area contributed by atoms with E-state index < -0.39 is 0 Å². The quantitative estimate of drug-likeness (QED) is 0.560. The third-order valence-corrected chi connectivity index (χ3v) is 1.49. The van der Waals surface area contributed by atoms with Gasteiger partial charge in [-0.05, 0) is 13.3 Å². The fourth-order valence-electron chi connectivity index (χ4n) is 0.935. The Kier molecular flexibility index (Phi) is 2.06. The van der Waals surface area contributed by atoms with Gasteiger partial charge in [0.05, 0.1) is 6.04 Å². The van der Waals surface area contributed by atoms with Crippen molar-refractivity contribution in [3.8, 4) is 0 Å². The number of nitrogens with zero attached hydrogens (tertiary/aromatic N) is 1. The lowest BCUT2D eigenvalue weighted by Gasteiger charge is -2.14. The van der Waals surface area contributed by atoms with E-state index >= 15 is 0 Å². The Morgan fingerprint density at radius 1 is 1.80 bits per heavy atom. The van der Waals surface area contributed by atoms with Crippen LogP contribution in [0.1, 0.15) is 13.3 Å². The Balaban J connectivity index is 2.49. The highest BCUT2D eigenvalue weighted by Crippen LogP contribution is 2.04. The van der Waals surface area contributed by atoms with Crippen LogP contribution in [0.2, 0.25) is 0 Å². The lowest BCUT2D eigenvalue weighted by molar-refractivity contribution is -0.129. The molecule has 0 bridgehead atoms. The molecule has 0 saturated carbocycles. The Morgan fingerprint density at radius 2 is 2.50 bits per heavy atom. The minimum atomic E-state index is -0.372. The van der Waals surface area contributed by atoms with E-state index in [2.05, 4.69) is 0 Å². The second-order valence-electron chi connectivity index (χ2n) is 2.49. The Morgan fingerprint density at radius 3 is 2.90 bits per heavy atom. The summed E-state index contributed by atoms with van der Waals surface area (Å²) in [7, 11) is 0. The number of rotatable bonds is 1. The van der Waals surface area contributed by atoms with Crippen LogP contribution in [0.15, 0.2) is 12.3 Å². The first-order valence-electron chi connectivity index (χ1n) is 3.44. The molecule has 1 unspecified atom stereocenters. The molecule has 3 heteroatoms. The van der Waals surface area contributed by atoms with E-state index in [1.807, 2.05) is 6.08 Å². The zero-order valence-electron chi connectivity index (χ0n) is 6.08. The largest absolute Gasteiger partial charge is 0.320 e. The molecule has 3 nitrogen and oxygen atoms in total. The van der Waals surface area contributed by atoms with E-state index in [9.17, 15) is 4.79 Å². The van der Waals surface area contributed by atoms with Crippen LogP contribution in [0.5, 0.6) is 0 Å². The van der Waals surface area contributed by atoms with Gasteiger partial charge in [-0.2, -0.15) is 0 Å². The normalized spacial score (nSPS) is 19.6.